The zero-order chi connectivity index (χ0) is 9.14. The average Bonchev–Trinajstić information content (AvgIpc) is 2.09. The van der Waals surface area contributed by atoms with Crippen molar-refractivity contribution < 1.29 is 0 Å². The SMILES string of the molecule is C=Cc1ccc(Cl)c(Cl)c1C=C. The summed E-state index contributed by atoms with van der Waals surface area (Å²) in [6, 6.07) is 3.60. The highest BCUT2D eigenvalue weighted by Gasteiger charge is 2.04. The zero-order valence-electron chi connectivity index (χ0n) is 6.48. The first-order chi connectivity index (χ1) is 5.70. The van der Waals surface area contributed by atoms with Crippen LogP contribution >= 0.6 is 23.2 Å². The number of halogens is 2. The quantitative estimate of drug-likeness (QED) is 0.666. The van der Waals surface area contributed by atoms with E-state index in [1.807, 2.05) is 6.07 Å². The number of hydrogen-bond donors (Lipinski definition) is 0. The van der Waals surface area contributed by atoms with Crippen molar-refractivity contribution in [2.45, 2.75) is 0 Å². The highest BCUT2D eigenvalue weighted by atomic mass is 35.5. The molecule has 0 aliphatic rings. The van der Waals surface area contributed by atoms with Gasteiger partial charge >= 0.3 is 0 Å². The van der Waals surface area contributed by atoms with E-state index in [4.69, 9.17) is 23.2 Å². The molecule has 1 aromatic rings. The van der Waals surface area contributed by atoms with Crippen LogP contribution in [0.4, 0.5) is 0 Å². The van der Waals surface area contributed by atoms with Crippen LogP contribution in [0.5, 0.6) is 0 Å². The number of hydrogen-bond acceptors (Lipinski definition) is 0. The standard InChI is InChI=1S/C10H8Cl2/c1-3-7-5-6-9(11)10(12)8(7)4-2/h3-6H,1-2H2. The Bertz CT molecular complexity index is 327. The molecule has 0 heterocycles. The number of rotatable bonds is 2. The van der Waals surface area contributed by atoms with Gasteiger partial charge in [-0.15, -0.1) is 0 Å². The largest absolute Gasteiger partial charge is 0.0984 e. The van der Waals surface area contributed by atoms with Crippen LogP contribution in [0.15, 0.2) is 25.3 Å². The summed E-state index contributed by atoms with van der Waals surface area (Å²) < 4.78 is 0. The van der Waals surface area contributed by atoms with Crippen molar-refractivity contribution in [3.05, 3.63) is 46.5 Å². The topological polar surface area (TPSA) is 0 Å². The molecule has 0 radical (unpaired) electrons. The van der Waals surface area contributed by atoms with Crippen molar-refractivity contribution in [2.24, 2.45) is 0 Å². The summed E-state index contributed by atoms with van der Waals surface area (Å²) in [5.41, 5.74) is 1.78. The predicted octanol–water partition coefficient (Wildman–Crippen LogP) is 4.28. The summed E-state index contributed by atoms with van der Waals surface area (Å²) >= 11 is 11.7. The molecule has 2 heteroatoms. The third kappa shape index (κ3) is 1.55. The van der Waals surface area contributed by atoms with Crippen molar-refractivity contribution >= 4 is 35.4 Å². The van der Waals surface area contributed by atoms with Gasteiger partial charge in [0.1, 0.15) is 0 Å². The lowest BCUT2D eigenvalue weighted by Gasteiger charge is -2.04. The van der Waals surface area contributed by atoms with Gasteiger partial charge in [-0.2, -0.15) is 0 Å². The first kappa shape index (κ1) is 9.37. The van der Waals surface area contributed by atoms with Gasteiger partial charge in [-0.3, -0.25) is 0 Å². The van der Waals surface area contributed by atoms with E-state index in [0.29, 0.717) is 10.0 Å². The maximum Gasteiger partial charge on any atom is 0.0670 e. The van der Waals surface area contributed by atoms with Crippen LogP contribution < -0.4 is 0 Å². The molecule has 12 heavy (non-hydrogen) atoms. The molecule has 0 N–H and O–H groups in total. The Morgan fingerprint density at radius 2 is 1.75 bits per heavy atom. The fourth-order valence-electron chi connectivity index (χ4n) is 0.967. The maximum atomic E-state index is 5.93. The third-order valence-electron chi connectivity index (χ3n) is 1.59. The minimum absolute atomic E-state index is 0.532. The fraction of sp³-hybridized carbons (Fsp3) is 0. The molecule has 0 aliphatic heterocycles. The van der Waals surface area contributed by atoms with E-state index in [2.05, 4.69) is 13.2 Å². The molecular weight excluding hydrogens is 191 g/mol. The second-order valence-corrected chi connectivity index (χ2v) is 3.06. The van der Waals surface area contributed by atoms with Crippen molar-refractivity contribution in [3.63, 3.8) is 0 Å². The van der Waals surface area contributed by atoms with Gasteiger partial charge in [-0.1, -0.05) is 54.6 Å². The Balaban J connectivity index is 3.45. The van der Waals surface area contributed by atoms with Gasteiger partial charge in [0.25, 0.3) is 0 Å². The molecule has 0 aromatic heterocycles. The first-order valence-electron chi connectivity index (χ1n) is 3.43. The summed E-state index contributed by atoms with van der Waals surface area (Å²) in [6.45, 7) is 7.31. The second-order valence-electron chi connectivity index (χ2n) is 2.27. The van der Waals surface area contributed by atoms with Crippen molar-refractivity contribution in [1.29, 1.82) is 0 Å². The van der Waals surface area contributed by atoms with E-state index in [0.717, 1.165) is 11.1 Å². The van der Waals surface area contributed by atoms with Crippen molar-refractivity contribution in [1.82, 2.24) is 0 Å². The van der Waals surface area contributed by atoms with E-state index < -0.39 is 0 Å². The third-order valence-corrected chi connectivity index (χ3v) is 2.41. The molecule has 0 fully saturated rings. The normalized spacial score (nSPS) is 9.50. The Morgan fingerprint density at radius 1 is 1.08 bits per heavy atom. The van der Waals surface area contributed by atoms with E-state index in [1.54, 1.807) is 18.2 Å². The molecule has 0 bridgehead atoms. The van der Waals surface area contributed by atoms with Crippen LogP contribution in [0, 0.1) is 0 Å². The van der Waals surface area contributed by atoms with Crippen LogP contribution in [0.25, 0.3) is 12.2 Å². The maximum absolute atomic E-state index is 5.93. The highest BCUT2D eigenvalue weighted by Crippen LogP contribution is 2.29. The Kier molecular flexibility index (Phi) is 2.96. The molecule has 1 rings (SSSR count). The van der Waals surface area contributed by atoms with Gasteiger partial charge in [0.2, 0.25) is 0 Å². The highest BCUT2D eigenvalue weighted by molar-refractivity contribution is 6.43. The van der Waals surface area contributed by atoms with Gasteiger partial charge in [-0.25, -0.2) is 0 Å². The minimum Gasteiger partial charge on any atom is -0.0984 e. The molecule has 0 spiro atoms. The molecule has 0 saturated carbocycles. The van der Waals surface area contributed by atoms with Crippen molar-refractivity contribution in [2.75, 3.05) is 0 Å². The second kappa shape index (κ2) is 3.79. The molecule has 0 aliphatic carbocycles. The molecule has 0 nitrogen and oxygen atoms in total. The smallest absolute Gasteiger partial charge is 0.0670 e. The molecule has 0 amide bonds. The summed E-state index contributed by atoms with van der Waals surface area (Å²) in [5.74, 6) is 0. The summed E-state index contributed by atoms with van der Waals surface area (Å²) in [4.78, 5) is 0. The first-order valence-corrected chi connectivity index (χ1v) is 4.19. The molecule has 62 valence electrons. The van der Waals surface area contributed by atoms with Gasteiger partial charge in [0.15, 0.2) is 0 Å². The van der Waals surface area contributed by atoms with Crippen LogP contribution in [-0.4, -0.2) is 0 Å². The molecular formula is C10H8Cl2. The van der Waals surface area contributed by atoms with Crippen molar-refractivity contribution in [3.8, 4) is 0 Å². The monoisotopic (exact) mass is 198 g/mol. The minimum atomic E-state index is 0.532. The Labute approximate surface area is 82.1 Å². The summed E-state index contributed by atoms with van der Waals surface area (Å²) in [7, 11) is 0. The lowest BCUT2D eigenvalue weighted by molar-refractivity contribution is 1.61. The predicted molar refractivity (Wildman–Crippen MR) is 56.6 cm³/mol. The van der Waals surface area contributed by atoms with E-state index in [-0.39, 0.29) is 0 Å². The van der Waals surface area contributed by atoms with Gasteiger partial charge in [-0.05, 0) is 11.6 Å². The average molecular weight is 199 g/mol. The Hall–Kier alpha value is -0.720. The van der Waals surface area contributed by atoms with Crippen LogP contribution in [-0.2, 0) is 0 Å². The van der Waals surface area contributed by atoms with Crippen LogP contribution in [0.3, 0.4) is 0 Å². The van der Waals surface area contributed by atoms with E-state index in [9.17, 15) is 0 Å². The summed E-state index contributed by atoms with van der Waals surface area (Å²) in [5, 5.41) is 1.07. The molecule has 1 aromatic carbocycles. The van der Waals surface area contributed by atoms with Crippen LogP contribution in [0.1, 0.15) is 11.1 Å². The lowest BCUT2D eigenvalue weighted by Crippen LogP contribution is -1.82. The lowest BCUT2D eigenvalue weighted by atomic mass is 10.1. The Morgan fingerprint density at radius 3 is 2.25 bits per heavy atom. The van der Waals surface area contributed by atoms with E-state index in [1.165, 1.54) is 0 Å². The fourth-order valence-corrected chi connectivity index (χ4v) is 1.38. The van der Waals surface area contributed by atoms with Gasteiger partial charge < -0.3 is 0 Å². The molecule has 0 unspecified atom stereocenters. The number of benzene rings is 1. The van der Waals surface area contributed by atoms with Gasteiger partial charge in [0, 0.05) is 5.56 Å². The summed E-state index contributed by atoms with van der Waals surface area (Å²) in [6.07, 6.45) is 3.39. The molecule has 0 atom stereocenters. The molecule has 0 saturated heterocycles. The van der Waals surface area contributed by atoms with E-state index >= 15 is 0 Å². The zero-order valence-corrected chi connectivity index (χ0v) is 7.99. The van der Waals surface area contributed by atoms with Gasteiger partial charge in [0.05, 0.1) is 10.0 Å². The van der Waals surface area contributed by atoms with Crippen LogP contribution in [0.2, 0.25) is 10.0 Å².